The van der Waals surface area contributed by atoms with Gasteiger partial charge >= 0.3 is 5.97 Å². The largest absolute Gasteiger partial charge is 0.480 e. The molecular formula is C16H26N2O5. The van der Waals surface area contributed by atoms with Crippen LogP contribution in [0.4, 0.5) is 0 Å². The topological polar surface area (TPSA) is 87.2 Å². The van der Waals surface area contributed by atoms with Gasteiger partial charge in [0.15, 0.2) is 0 Å². The monoisotopic (exact) mass is 326 g/mol. The Labute approximate surface area is 136 Å². The molecule has 0 radical (unpaired) electrons. The number of nitrogens with zero attached hydrogens (tertiary/aromatic N) is 2. The van der Waals surface area contributed by atoms with Crippen LogP contribution in [-0.4, -0.2) is 71.6 Å². The Morgan fingerprint density at radius 1 is 1.17 bits per heavy atom. The second-order valence-corrected chi connectivity index (χ2v) is 6.69. The summed E-state index contributed by atoms with van der Waals surface area (Å²) in [5.74, 6) is -1.23. The molecule has 0 aliphatic carbocycles. The van der Waals surface area contributed by atoms with Crippen molar-refractivity contribution in [3.05, 3.63) is 0 Å². The maximum Gasteiger partial charge on any atom is 0.326 e. The van der Waals surface area contributed by atoms with Gasteiger partial charge < -0.3 is 19.6 Å². The lowest BCUT2D eigenvalue weighted by atomic mass is 9.94. The Morgan fingerprint density at radius 2 is 1.78 bits per heavy atom. The molecule has 0 aromatic carbocycles. The van der Waals surface area contributed by atoms with Gasteiger partial charge in [0.2, 0.25) is 11.8 Å². The van der Waals surface area contributed by atoms with Gasteiger partial charge in [-0.25, -0.2) is 4.79 Å². The molecule has 1 N–H and O–H groups in total. The van der Waals surface area contributed by atoms with Gasteiger partial charge in [0, 0.05) is 45.0 Å². The molecule has 130 valence electrons. The number of ether oxygens (including phenoxy) is 1. The Morgan fingerprint density at radius 3 is 2.26 bits per heavy atom. The summed E-state index contributed by atoms with van der Waals surface area (Å²) in [6, 6.07) is -0.803. The molecule has 0 bridgehead atoms. The normalized spacial score (nSPS) is 25.9. The van der Waals surface area contributed by atoms with E-state index < -0.39 is 12.0 Å². The van der Waals surface area contributed by atoms with E-state index in [1.807, 2.05) is 13.8 Å². The molecule has 2 rings (SSSR count). The number of piperidine rings is 1. The van der Waals surface area contributed by atoms with Crippen molar-refractivity contribution in [2.75, 3.05) is 26.7 Å². The van der Waals surface area contributed by atoms with Crippen LogP contribution in [0.5, 0.6) is 0 Å². The maximum absolute atomic E-state index is 12.7. The minimum Gasteiger partial charge on any atom is -0.480 e. The number of hydrogen-bond acceptors (Lipinski definition) is 4. The summed E-state index contributed by atoms with van der Waals surface area (Å²) < 4.78 is 5.22. The second kappa shape index (κ2) is 7.29. The lowest BCUT2D eigenvalue weighted by molar-refractivity contribution is -0.151. The van der Waals surface area contributed by atoms with Gasteiger partial charge in [0.1, 0.15) is 6.04 Å². The number of likely N-dealkylation sites (tertiary alicyclic amines) is 2. The number of aliphatic carboxylic acids is 1. The fraction of sp³-hybridized carbons (Fsp3) is 0.812. The number of hydrogen-bond donors (Lipinski definition) is 1. The zero-order valence-electron chi connectivity index (χ0n) is 14.0. The smallest absolute Gasteiger partial charge is 0.326 e. The number of rotatable bonds is 4. The van der Waals surface area contributed by atoms with Crippen molar-refractivity contribution in [3.8, 4) is 0 Å². The summed E-state index contributed by atoms with van der Waals surface area (Å²) in [5, 5.41) is 9.32. The molecule has 2 amide bonds. The lowest BCUT2D eigenvalue weighted by Crippen LogP contribution is -2.48. The van der Waals surface area contributed by atoms with Gasteiger partial charge in [-0.05, 0) is 12.8 Å². The van der Waals surface area contributed by atoms with Crippen molar-refractivity contribution in [2.45, 2.75) is 45.3 Å². The predicted octanol–water partition coefficient (Wildman–Crippen LogP) is 0.582. The fourth-order valence-electron chi connectivity index (χ4n) is 3.39. The summed E-state index contributed by atoms with van der Waals surface area (Å²) in [6.45, 7) is 5.19. The first kappa shape index (κ1) is 17.7. The second-order valence-electron chi connectivity index (χ2n) is 6.69. The molecule has 2 aliphatic rings. The van der Waals surface area contributed by atoms with E-state index in [9.17, 15) is 19.5 Å². The molecule has 0 aromatic rings. The van der Waals surface area contributed by atoms with E-state index >= 15 is 0 Å². The van der Waals surface area contributed by atoms with E-state index in [4.69, 9.17) is 4.74 Å². The molecule has 0 aromatic heterocycles. The van der Waals surface area contributed by atoms with Crippen molar-refractivity contribution < 1.29 is 24.2 Å². The molecule has 2 heterocycles. The van der Waals surface area contributed by atoms with Gasteiger partial charge in [-0.2, -0.15) is 0 Å². The fourth-order valence-corrected chi connectivity index (χ4v) is 3.39. The minimum absolute atomic E-state index is 0.0420. The Balaban J connectivity index is 1.96. The molecule has 2 aliphatic heterocycles. The Hall–Kier alpha value is -1.63. The summed E-state index contributed by atoms with van der Waals surface area (Å²) >= 11 is 0. The third-order valence-corrected chi connectivity index (χ3v) is 4.81. The first-order valence-corrected chi connectivity index (χ1v) is 8.20. The van der Waals surface area contributed by atoms with E-state index in [2.05, 4.69) is 0 Å². The Bertz CT molecular complexity index is 471. The zero-order valence-corrected chi connectivity index (χ0v) is 14.0. The van der Waals surface area contributed by atoms with Crippen LogP contribution in [0.3, 0.4) is 0 Å². The molecule has 0 spiro atoms. The minimum atomic E-state index is -0.981. The Kier molecular flexibility index (Phi) is 5.62. The molecule has 7 heteroatoms. The molecule has 23 heavy (non-hydrogen) atoms. The van der Waals surface area contributed by atoms with E-state index in [0.29, 0.717) is 38.9 Å². The van der Waals surface area contributed by atoms with Crippen LogP contribution in [0.25, 0.3) is 0 Å². The van der Waals surface area contributed by atoms with Gasteiger partial charge in [-0.1, -0.05) is 13.8 Å². The number of carbonyl (C=O) groups excluding carboxylic acids is 2. The molecule has 2 atom stereocenters. The SMILES string of the molecule is COC1CC(C(=O)O)N(C(=O)C2CCN(C(=O)C(C)C)CC2)C1. The van der Waals surface area contributed by atoms with Crippen molar-refractivity contribution >= 4 is 17.8 Å². The van der Waals surface area contributed by atoms with E-state index in [1.54, 1.807) is 4.90 Å². The highest BCUT2D eigenvalue weighted by atomic mass is 16.5. The quantitative estimate of drug-likeness (QED) is 0.816. The molecule has 2 saturated heterocycles. The highest BCUT2D eigenvalue weighted by Crippen LogP contribution is 2.27. The summed E-state index contributed by atoms with van der Waals surface area (Å²) in [5.41, 5.74) is 0. The van der Waals surface area contributed by atoms with Gasteiger partial charge in [-0.3, -0.25) is 9.59 Å². The van der Waals surface area contributed by atoms with Crippen LogP contribution in [0.2, 0.25) is 0 Å². The van der Waals surface area contributed by atoms with Crippen molar-refractivity contribution in [1.82, 2.24) is 9.80 Å². The number of amides is 2. The molecular weight excluding hydrogens is 300 g/mol. The first-order valence-electron chi connectivity index (χ1n) is 8.20. The van der Waals surface area contributed by atoms with Crippen LogP contribution < -0.4 is 0 Å². The average molecular weight is 326 g/mol. The van der Waals surface area contributed by atoms with Crippen LogP contribution in [0.15, 0.2) is 0 Å². The number of carboxylic acids is 1. The first-order chi connectivity index (χ1) is 10.8. The summed E-state index contributed by atoms with van der Waals surface area (Å²) in [6.07, 6.45) is 1.31. The lowest BCUT2D eigenvalue weighted by Gasteiger charge is -2.34. The summed E-state index contributed by atoms with van der Waals surface area (Å²) in [7, 11) is 1.54. The van der Waals surface area contributed by atoms with Crippen molar-refractivity contribution in [1.29, 1.82) is 0 Å². The van der Waals surface area contributed by atoms with Gasteiger partial charge in [0.05, 0.1) is 6.10 Å². The predicted molar refractivity (Wildman–Crippen MR) is 82.7 cm³/mol. The van der Waals surface area contributed by atoms with Crippen LogP contribution in [0, 0.1) is 11.8 Å². The highest BCUT2D eigenvalue weighted by Gasteiger charge is 2.42. The van der Waals surface area contributed by atoms with Gasteiger partial charge in [0.25, 0.3) is 0 Å². The van der Waals surface area contributed by atoms with Crippen molar-refractivity contribution in [3.63, 3.8) is 0 Å². The molecule has 7 nitrogen and oxygen atoms in total. The number of carboxylic acid groups (broad SMARTS) is 1. The third-order valence-electron chi connectivity index (χ3n) is 4.81. The number of methoxy groups -OCH3 is 1. The summed E-state index contributed by atoms with van der Waals surface area (Å²) in [4.78, 5) is 39.3. The van der Waals surface area contributed by atoms with Gasteiger partial charge in [-0.15, -0.1) is 0 Å². The average Bonchev–Trinajstić information content (AvgIpc) is 2.98. The van der Waals surface area contributed by atoms with Crippen LogP contribution in [0.1, 0.15) is 33.1 Å². The van der Waals surface area contributed by atoms with E-state index in [0.717, 1.165) is 0 Å². The number of carbonyl (C=O) groups is 3. The van der Waals surface area contributed by atoms with Crippen molar-refractivity contribution in [2.24, 2.45) is 11.8 Å². The van der Waals surface area contributed by atoms with Crippen LogP contribution >= 0.6 is 0 Å². The van der Waals surface area contributed by atoms with E-state index in [1.165, 1.54) is 12.0 Å². The standard InChI is InChI=1S/C16H26N2O5/c1-10(2)14(19)17-6-4-11(5-7-17)15(20)18-9-12(23-3)8-13(18)16(21)22/h10-13H,4-9H2,1-3H3,(H,21,22). The molecule has 2 unspecified atom stereocenters. The zero-order chi connectivity index (χ0) is 17.1. The van der Waals surface area contributed by atoms with E-state index in [-0.39, 0.29) is 29.8 Å². The molecule has 2 fully saturated rings. The van der Waals surface area contributed by atoms with Crippen LogP contribution in [-0.2, 0) is 19.1 Å². The molecule has 0 saturated carbocycles. The maximum atomic E-state index is 12.7. The highest BCUT2D eigenvalue weighted by molar-refractivity contribution is 5.86. The third kappa shape index (κ3) is 3.83.